The van der Waals surface area contributed by atoms with E-state index in [4.69, 9.17) is 9.84 Å². The Morgan fingerprint density at radius 3 is 2.80 bits per heavy atom. The van der Waals surface area contributed by atoms with Gasteiger partial charge in [-0.15, -0.1) is 0 Å². The summed E-state index contributed by atoms with van der Waals surface area (Å²) in [4.78, 5) is 22.4. The SMILES string of the molecule is CC1CCCC(OCc2cccc(NC(=O)CCCCC(=O)O)c2)C1. The smallest absolute Gasteiger partial charge is 0.303 e. The van der Waals surface area contributed by atoms with Crippen LogP contribution in [-0.4, -0.2) is 23.1 Å². The molecule has 2 rings (SSSR count). The molecule has 2 atom stereocenters. The van der Waals surface area contributed by atoms with Crippen molar-refractivity contribution >= 4 is 17.6 Å². The maximum atomic E-state index is 11.9. The lowest BCUT2D eigenvalue weighted by Crippen LogP contribution is -2.21. The fourth-order valence-electron chi connectivity index (χ4n) is 3.27. The Morgan fingerprint density at radius 1 is 1.24 bits per heavy atom. The number of anilines is 1. The average molecular weight is 347 g/mol. The minimum absolute atomic E-state index is 0.0791. The molecular formula is C20H29NO4. The van der Waals surface area contributed by atoms with Gasteiger partial charge in [0.1, 0.15) is 0 Å². The van der Waals surface area contributed by atoms with Gasteiger partial charge in [-0.3, -0.25) is 9.59 Å². The van der Waals surface area contributed by atoms with Crippen molar-refractivity contribution in [3.8, 4) is 0 Å². The predicted octanol–water partition coefficient (Wildman–Crippen LogP) is 4.37. The Bertz CT molecular complexity index is 573. The molecule has 25 heavy (non-hydrogen) atoms. The Labute approximate surface area is 149 Å². The zero-order valence-electron chi connectivity index (χ0n) is 15.0. The summed E-state index contributed by atoms with van der Waals surface area (Å²) in [7, 11) is 0. The lowest BCUT2D eigenvalue weighted by Gasteiger charge is -2.26. The van der Waals surface area contributed by atoms with E-state index in [1.807, 2.05) is 24.3 Å². The van der Waals surface area contributed by atoms with Gasteiger partial charge in [-0.2, -0.15) is 0 Å². The number of hydrogen-bond donors (Lipinski definition) is 2. The molecule has 0 heterocycles. The zero-order chi connectivity index (χ0) is 18.1. The molecule has 5 nitrogen and oxygen atoms in total. The van der Waals surface area contributed by atoms with Crippen LogP contribution in [0.4, 0.5) is 5.69 Å². The van der Waals surface area contributed by atoms with Crippen molar-refractivity contribution in [3.05, 3.63) is 29.8 Å². The maximum Gasteiger partial charge on any atom is 0.303 e. The normalized spacial score (nSPS) is 20.2. The molecule has 2 N–H and O–H groups in total. The zero-order valence-corrected chi connectivity index (χ0v) is 15.0. The van der Waals surface area contributed by atoms with E-state index in [1.54, 1.807) is 0 Å². The molecule has 0 bridgehead atoms. The number of unbranched alkanes of at least 4 members (excludes halogenated alkanes) is 1. The largest absolute Gasteiger partial charge is 0.481 e. The fourth-order valence-corrected chi connectivity index (χ4v) is 3.27. The van der Waals surface area contributed by atoms with Crippen LogP contribution >= 0.6 is 0 Å². The van der Waals surface area contributed by atoms with Gasteiger partial charge in [0.25, 0.3) is 0 Å². The highest BCUT2D eigenvalue weighted by Gasteiger charge is 2.19. The number of nitrogens with one attached hydrogen (secondary N) is 1. The van der Waals surface area contributed by atoms with Gasteiger partial charge < -0.3 is 15.2 Å². The second-order valence-corrected chi connectivity index (χ2v) is 7.05. The number of amides is 1. The molecule has 1 saturated carbocycles. The van der Waals surface area contributed by atoms with Crippen LogP contribution in [0, 0.1) is 5.92 Å². The van der Waals surface area contributed by atoms with E-state index in [-0.39, 0.29) is 12.3 Å². The molecule has 0 aromatic heterocycles. The molecule has 5 heteroatoms. The van der Waals surface area contributed by atoms with Crippen molar-refractivity contribution in [1.82, 2.24) is 0 Å². The molecule has 1 aliphatic rings. The first-order valence-electron chi connectivity index (χ1n) is 9.25. The van der Waals surface area contributed by atoms with Gasteiger partial charge in [0, 0.05) is 18.5 Å². The summed E-state index contributed by atoms with van der Waals surface area (Å²) < 4.78 is 6.03. The standard InChI is InChI=1S/C20H29NO4/c1-15-6-4-9-18(12-15)25-14-16-7-5-8-17(13-16)21-19(22)10-2-3-11-20(23)24/h5,7-8,13,15,18H,2-4,6,9-12,14H2,1H3,(H,21,22)(H,23,24). The number of carbonyl (C=O) groups excluding carboxylic acids is 1. The summed E-state index contributed by atoms with van der Waals surface area (Å²) in [5.74, 6) is -0.157. The number of benzene rings is 1. The van der Waals surface area contributed by atoms with Crippen LogP contribution in [0.5, 0.6) is 0 Å². The topological polar surface area (TPSA) is 75.6 Å². The first kappa shape index (κ1) is 19.4. The van der Waals surface area contributed by atoms with E-state index in [0.717, 1.165) is 30.0 Å². The van der Waals surface area contributed by atoms with Crippen LogP contribution < -0.4 is 5.32 Å². The van der Waals surface area contributed by atoms with Gasteiger partial charge in [-0.25, -0.2) is 0 Å². The van der Waals surface area contributed by atoms with Crippen LogP contribution in [0.25, 0.3) is 0 Å². The van der Waals surface area contributed by atoms with Crippen molar-refractivity contribution in [1.29, 1.82) is 0 Å². The van der Waals surface area contributed by atoms with Crippen LogP contribution in [-0.2, 0) is 20.9 Å². The molecule has 138 valence electrons. The third kappa shape index (κ3) is 7.69. The number of aliphatic carboxylic acids is 1. The van der Waals surface area contributed by atoms with Crippen molar-refractivity contribution in [2.75, 3.05) is 5.32 Å². The molecule has 2 unspecified atom stereocenters. The van der Waals surface area contributed by atoms with Crippen molar-refractivity contribution in [2.24, 2.45) is 5.92 Å². The summed E-state index contributed by atoms with van der Waals surface area (Å²) in [6, 6.07) is 7.74. The number of rotatable bonds is 9. The summed E-state index contributed by atoms with van der Waals surface area (Å²) in [6.07, 6.45) is 6.71. The molecular weight excluding hydrogens is 318 g/mol. The van der Waals surface area contributed by atoms with E-state index in [2.05, 4.69) is 12.2 Å². The monoisotopic (exact) mass is 347 g/mol. The number of carboxylic acid groups (broad SMARTS) is 1. The van der Waals surface area contributed by atoms with Gasteiger partial charge in [0.2, 0.25) is 5.91 Å². The third-order valence-corrected chi connectivity index (χ3v) is 4.63. The number of carboxylic acids is 1. The third-order valence-electron chi connectivity index (χ3n) is 4.63. The predicted molar refractivity (Wildman–Crippen MR) is 97.4 cm³/mol. The van der Waals surface area contributed by atoms with Crippen LogP contribution in [0.1, 0.15) is 63.9 Å². The number of ether oxygens (including phenoxy) is 1. The van der Waals surface area contributed by atoms with Crippen molar-refractivity contribution < 1.29 is 19.4 Å². The Hall–Kier alpha value is -1.88. The molecule has 1 amide bonds. The molecule has 0 radical (unpaired) electrons. The molecule has 0 saturated heterocycles. The van der Waals surface area contributed by atoms with Gasteiger partial charge in [0.15, 0.2) is 0 Å². The lowest BCUT2D eigenvalue weighted by molar-refractivity contribution is -0.137. The first-order valence-corrected chi connectivity index (χ1v) is 9.25. The molecule has 1 fully saturated rings. The van der Waals surface area contributed by atoms with E-state index < -0.39 is 5.97 Å². The summed E-state index contributed by atoms with van der Waals surface area (Å²) in [5, 5.41) is 11.5. The number of hydrogen-bond acceptors (Lipinski definition) is 3. The van der Waals surface area contributed by atoms with Crippen LogP contribution in [0.15, 0.2) is 24.3 Å². The van der Waals surface area contributed by atoms with Crippen LogP contribution in [0.3, 0.4) is 0 Å². The van der Waals surface area contributed by atoms with Gasteiger partial charge in [-0.1, -0.05) is 31.9 Å². The molecule has 1 aromatic rings. The fraction of sp³-hybridized carbons (Fsp3) is 0.600. The second-order valence-electron chi connectivity index (χ2n) is 7.05. The highest BCUT2D eigenvalue weighted by Crippen LogP contribution is 2.26. The minimum atomic E-state index is -0.819. The lowest BCUT2D eigenvalue weighted by atomic mass is 9.89. The molecule has 1 aliphatic carbocycles. The molecule has 0 spiro atoms. The highest BCUT2D eigenvalue weighted by molar-refractivity contribution is 5.90. The molecule has 1 aromatic carbocycles. The Morgan fingerprint density at radius 2 is 2.04 bits per heavy atom. The summed E-state index contributed by atoms with van der Waals surface area (Å²) in [5.41, 5.74) is 1.82. The minimum Gasteiger partial charge on any atom is -0.481 e. The Kier molecular flexibility index (Phi) is 7.92. The average Bonchev–Trinajstić information content (AvgIpc) is 2.57. The first-order chi connectivity index (χ1) is 12.0. The van der Waals surface area contributed by atoms with E-state index in [1.165, 1.54) is 12.8 Å². The maximum absolute atomic E-state index is 11.9. The summed E-state index contributed by atoms with van der Waals surface area (Å²) in [6.45, 7) is 2.85. The van der Waals surface area contributed by atoms with E-state index >= 15 is 0 Å². The Balaban J connectivity index is 1.74. The second kappa shape index (κ2) is 10.2. The van der Waals surface area contributed by atoms with E-state index in [0.29, 0.717) is 32.0 Å². The van der Waals surface area contributed by atoms with Crippen molar-refractivity contribution in [3.63, 3.8) is 0 Å². The van der Waals surface area contributed by atoms with Gasteiger partial charge >= 0.3 is 5.97 Å². The van der Waals surface area contributed by atoms with Gasteiger partial charge in [0.05, 0.1) is 12.7 Å². The molecule has 0 aliphatic heterocycles. The highest BCUT2D eigenvalue weighted by atomic mass is 16.5. The van der Waals surface area contributed by atoms with Gasteiger partial charge in [-0.05, 0) is 49.3 Å². The van der Waals surface area contributed by atoms with Crippen molar-refractivity contribution in [2.45, 2.75) is 71.0 Å². The number of carbonyl (C=O) groups is 2. The van der Waals surface area contributed by atoms with Crippen LogP contribution in [0.2, 0.25) is 0 Å². The summed E-state index contributed by atoms with van der Waals surface area (Å²) >= 11 is 0. The van der Waals surface area contributed by atoms with E-state index in [9.17, 15) is 9.59 Å². The quantitative estimate of drug-likeness (QED) is 0.651.